The topological polar surface area (TPSA) is 61.5 Å². The van der Waals surface area contributed by atoms with E-state index in [-0.39, 0.29) is 18.8 Å². The standard InChI is InChI=1S/C11H14FNO3.ClH/c1-15-10-5-7(12)3-4-8(10)9(13)6-11(14)16-2;/h3-5,9H,6,13H2,1-2H3;1H/t9-;/m1./s1. The van der Waals surface area contributed by atoms with Gasteiger partial charge in [-0.25, -0.2) is 4.39 Å². The number of rotatable bonds is 4. The molecule has 0 saturated carbocycles. The summed E-state index contributed by atoms with van der Waals surface area (Å²) < 4.78 is 22.4. The van der Waals surface area contributed by atoms with E-state index in [1.165, 1.54) is 32.4 Å². The van der Waals surface area contributed by atoms with Crippen molar-refractivity contribution in [1.82, 2.24) is 0 Å². The molecular weight excluding hydrogens is 249 g/mol. The average Bonchev–Trinajstić information content (AvgIpc) is 2.28. The number of benzene rings is 1. The lowest BCUT2D eigenvalue weighted by Gasteiger charge is -2.14. The molecule has 0 bridgehead atoms. The van der Waals surface area contributed by atoms with Gasteiger partial charge in [-0.3, -0.25) is 4.79 Å². The number of hydrogen-bond acceptors (Lipinski definition) is 4. The predicted octanol–water partition coefficient (Wildman–Crippen LogP) is 1.82. The van der Waals surface area contributed by atoms with Crippen LogP contribution in [0.15, 0.2) is 18.2 Å². The number of carbonyl (C=O) groups excluding carboxylic acids is 1. The van der Waals surface area contributed by atoms with Gasteiger partial charge in [-0.1, -0.05) is 6.07 Å². The van der Waals surface area contributed by atoms with Crippen molar-refractivity contribution >= 4 is 18.4 Å². The number of carbonyl (C=O) groups is 1. The summed E-state index contributed by atoms with van der Waals surface area (Å²) >= 11 is 0. The Kier molecular flexibility index (Phi) is 6.53. The Balaban J connectivity index is 0.00000256. The fourth-order valence-corrected chi connectivity index (χ4v) is 1.36. The molecule has 0 amide bonds. The van der Waals surface area contributed by atoms with Crippen molar-refractivity contribution in [3.63, 3.8) is 0 Å². The highest BCUT2D eigenvalue weighted by Crippen LogP contribution is 2.26. The predicted molar refractivity (Wildman–Crippen MR) is 63.8 cm³/mol. The van der Waals surface area contributed by atoms with Crippen LogP contribution in [0.4, 0.5) is 4.39 Å². The third kappa shape index (κ3) is 4.20. The van der Waals surface area contributed by atoms with E-state index < -0.39 is 17.8 Å². The van der Waals surface area contributed by atoms with E-state index >= 15 is 0 Å². The minimum Gasteiger partial charge on any atom is -0.496 e. The number of esters is 1. The highest BCUT2D eigenvalue weighted by Gasteiger charge is 2.16. The van der Waals surface area contributed by atoms with E-state index in [1.54, 1.807) is 0 Å². The molecule has 0 aliphatic rings. The van der Waals surface area contributed by atoms with Crippen LogP contribution in [0.1, 0.15) is 18.0 Å². The van der Waals surface area contributed by atoms with E-state index in [9.17, 15) is 9.18 Å². The molecule has 0 aromatic heterocycles. The molecule has 0 saturated heterocycles. The Labute approximate surface area is 105 Å². The highest BCUT2D eigenvalue weighted by atomic mass is 35.5. The number of hydrogen-bond donors (Lipinski definition) is 1. The largest absolute Gasteiger partial charge is 0.496 e. The lowest BCUT2D eigenvalue weighted by molar-refractivity contribution is -0.141. The van der Waals surface area contributed by atoms with Crippen LogP contribution in [-0.4, -0.2) is 20.2 Å². The first-order chi connectivity index (χ1) is 7.58. The van der Waals surface area contributed by atoms with Crippen LogP contribution in [0.3, 0.4) is 0 Å². The van der Waals surface area contributed by atoms with Crippen molar-refractivity contribution in [2.75, 3.05) is 14.2 Å². The molecule has 1 atom stereocenters. The van der Waals surface area contributed by atoms with Gasteiger partial charge < -0.3 is 15.2 Å². The third-order valence-electron chi connectivity index (χ3n) is 2.21. The van der Waals surface area contributed by atoms with Crippen molar-refractivity contribution < 1.29 is 18.7 Å². The van der Waals surface area contributed by atoms with Crippen molar-refractivity contribution in [1.29, 1.82) is 0 Å². The van der Waals surface area contributed by atoms with Crippen LogP contribution in [0.25, 0.3) is 0 Å². The van der Waals surface area contributed by atoms with Gasteiger partial charge in [0.2, 0.25) is 0 Å². The van der Waals surface area contributed by atoms with Gasteiger partial charge in [0.15, 0.2) is 0 Å². The van der Waals surface area contributed by atoms with Gasteiger partial charge in [-0.15, -0.1) is 12.4 Å². The van der Waals surface area contributed by atoms with Crippen LogP contribution in [0.5, 0.6) is 5.75 Å². The molecule has 17 heavy (non-hydrogen) atoms. The minimum absolute atomic E-state index is 0. The summed E-state index contributed by atoms with van der Waals surface area (Å²) in [5.74, 6) is -0.499. The summed E-state index contributed by atoms with van der Waals surface area (Å²) in [4.78, 5) is 11.0. The lowest BCUT2D eigenvalue weighted by Crippen LogP contribution is -2.17. The molecule has 0 fully saturated rings. The normalized spacial score (nSPS) is 11.3. The molecule has 2 N–H and O–H groups in total. The van der Waals surface area contributed by atoms with Crippen LogP contribution >= 0.6 is 12.4 Å². The first kappa shape index (κ1) is 15.7. The molecule has 0 aliphatic heterocycles. The summed E-state index contributed by atoms with van der Waals surface area (Å²) in [5, 5.41) is 0. The van der Waals surface area contributed by atoms with E-state index in [2.05, 4.69) is 4.74 Å². The molecule has 0 radical (unpaired) electrons. The summed E-state index contributed by atoms with van der Waals surface area (Å²) in [6.45, 7) is 0. The Bertz CT molecular complexity index is 387. The zero-order valence-electron chi connectivity index (χ0n) is 9.60. The van der Waals surface area contributed by atoms with Gasteiger partial charge in [0, 0.05) is 17.7 Å². The smallest absolute Gasteiger partial charge is 0.307 e. The zero-order valence-corrected chi connectivity index (χ0v) is 10.4. The Morgan fingerprint density at radius 3 is 2.65 bits per heavy atom. The SMILES string of the molecule is COC(=O)C[C@@H](N)c1ccc(F)cc1OC.Cl. The van der Waals surface area contributed by atoms with E-state index in [0.29, 0.717) is 11.3 Å². The van der Waals surface area contributed by atoms with Crippen LogP contribution in [-0.2, 0) is 9.53 Å². The first-order valence-electron chi connectivity index (χ1n) is 4.74. The van der Waals surface area contributed by atoms with E-state index in [4.69, 9.17) is 10.5 Å². The van der Waals surface area contributed by atoms with Crippen molar-refractivity contribution in [3.05, 3.63) is 29.6 Å². The zero-order chi connectivity index (χ0) is 12.1. The number of methoxy groups -OCH3 is 2. The maximum absolute atomic E-state index is 12.9. The fraction of sp³-hybridized carbons (Fsp3) is 0.364. The molecule has 6 heteroatoms. The lowest BCUT2D eigenvalue weighted by atomic mass is 10.0. The second-order valence-electron chi connectivity index (χ2n) is 3.27. The molecule has 0 aliphatic carbocycles. The second-order valence-corrected chi connectivity index (χ2v) is 3.27. The van der Waals surface area contributed by atoms with Gasteiger partial charge in [-0.05, 0) is 6.07 Å². The fourth-order valence-electron chi connectivity index (χ4n) is 1.36. The number of nitrogens with two attached hydrogens (primary N) is 1. The summed E-state index contributed by atoms with van der Waals surface area (Å²) in [6.07, 6.45) is 0.0263. The van der Waals surface area contributed by atoms with Gasteiger partial charge in [0.05, 0.1) is 20.6 Å². The number of halogens is 2. The van der Waals surface area contributed by atoms with Crippen molar-refractivity contribution in [3.8, 4) is 5.75 Å². The molecule has 96 valence electrons. The van der Waals surface area contributed by atoms with Gasteiger partial charge in [0.1, 0.15) is 11.6 Å². The van der Waals surface area contributed by atoms with Gasteiger partial charge in [-0.2, -0.15) is 0 Å². The highest BCUT2D eigenvalue weighted by molar-refractivity contribution is 5.85. The molecule has 0 unspecified atom stereocenters. The molecule has 4 nitrogen and oxygen atoms in total. The van der Waals surface area contributed by atoms with Crippen LogP contribution in [0.2, 0.25) is 0 Å². The van der Waals surface area contributed by atoms with E-state index in [1.807, 2.05) is 0 Å². The molecule has 1 aromatic rings. The molecule has 1 rings (SSSR count). The summed E-state index contributed by atoms with van der Waals surface area (Å²) in [6, 6.07) is 3.44. The summed E-state index contributed by atoms with van der Waals surface area (Å²) in [5.41, 5.74) is 6.37. The average molecular weight is 264 g/mol. The maximum atomic E-state index is 12.9. The molecular formula is C11H15ClFNO3. The monoisotopic (exact) mass is 263 g/mol. The van der Waals surface area contributed by atoms with Gasteiger partial charge in [0.25, 0.3) is 0 Å². The Morgan fingerprint density at radius 2 is 2.12 bits per heavy atom. The molecule has 0 heterocycles. The van der Waals surface area contributed by atoms with E-state index in [0.717, 1.165) is 0 Å². The summed E-state index contributed by atoms with van der Waals surface area (Å²) in [7, 11) is 2.71. The number of ether oxygens (including phenoxy) is 2. The molecule has 1 aromatic carbocycles. The van der Waals surface area contributed by atoms with Crippen molar-refractivity contribution in [2.45, 2.75) is 12.5 Å². The first-order valence-corrected chi connectivity index (χ1v) is 4.74. The maximum Gasteiger partial charge on any atom is 0.307 e. The Hall–Kier alpha value is -1.33. The third-order valence-corrected chi connectivity index (χ3v) is 2.21. The van der Waals surface area contributed by atoms with Gasteiger partial charge >= 0.3 is 5.97 Å². The second kappa shape index (κ2) is 7.09. The van der Waals surface area contributed by atoms with Crippen LogP contribution in [0, 0.1) is 5.82 Å². The minimum atomic E-state index is -0.567. The van der Waals surface area contributed by atoms with Crippen molar-refractivity contribution in [2.24, 2.45) is 5.73 Å². The van der Waals surface area contributed by atoms with Crippen LogP contribution < -0.4 is 10.5 Å². The Morgan fingerprint density at radius 1 is 1.47 bits per heavy atom. The quantitative estimate of drug-likeness (QED) is 0.842. The molecule has 0 spiro atoms.